The minimum Gasteiger partial charge on any atom is -0.272 e. The maximum Gasteiger partial charge on any atom is 0.294 e. The average molecular weight is 418 g/mol. The van der Waals surface area contributed by atoms with Crippen molar-refractivity contribution >= 4 is 44.0 Å². The Morgan fingerprint density at radius 1 is 1.14 bits per heavy atom. The quantitative estimate of drug-likeness (QED) is 0.469. The fourth-order valence-corrected chi connectivity index (χ4v) is 3.57. The molecule has 0 radical (unpaired) electrons. The molecule has 0 spiro atoms. The summed E-state index contributed by atoms with van der Waals surface area (Å²) in [7, 11) is -3.87. The lowest BCUT2D eigenvalue weighted by Gasteiger charge is -2.10. The topological polar surface area (TPSA) is 89.3 Å². The lowest BCUT2D eigenvalue weighted by atomic mass is 10.2. The molecule has 2 rings (SSSR count). The second-order valence-electron chi connectivity index (χ2n) is 4.31. The number of sulfonamides is 1. The van der Waals surface area contributed by atoms with E-state index in [9.17, 15) is 18.5 Å². The molecule has 0 unspecified atom stereocenters. The fourth-order valence-electron chi connectivity index (χ4n) is 1.68. The SMILES string of the molecule is Cc1ccc(S(=O)(=O)Nc2c(I)cccc2[N+](=O)[O-])cc1. The monoisotopic (exact) mass is 418 g/mol. The first kappa shape index (κ1) is 15.7. The van der Waals surface area contributed by atoms with Crippen molar-refractivity contribution in [1.29, 1.82) is 0 Å². The van der Waals surface area contributed by atoms with Gasteiger partial charge in [0, 0.05) is 9.64 Å². The molecule has 0 saturated heterocycles. The largest absolute Gasteiger partial charge is 0.294 e. The summed E-state index contributed by atoms with van der Waals surface area (Å²) >= 11 is 1.85. The number of rotatable bonds is 4. The molecule has 0 fully saturated rings. The van der Waals surface area contributed by atoms with Gasteiger partial charge in [0.25, 0.3) is 15.7 Å². The van der Waals surface area contributed by atoms with E-state index in [0.29, 0.717) is 3.57 Å². The number of nitro benzene ring substituents is 1. The van der Waals surface area contributed by atoms with Crippen LogP contribution in [0.5, 0.6) is 0 Å². The number of halogens is 1. The predicted molar refractivity (Wildman–Crippen MR) is 87.8 cm³/mol. The number of hydrogen-bond donors (Lipinski definition) is 1. The van der Waals surface area contributed by atoms with Crippen LogP contribution in [0.15, 0.2) is 47.4 Å². The number of nitrogens with one attached hydrogen (secondary N) is 1. The Bertz CT molecular complexity index is 788. The molecular weight excluding hydrogens is 407 g/mol. The van der Waals surface area contributed by atoms with Crippen molar-refractivity contribution in [2.45, 2.75) is 11.8 Å². The van der Waals surface area contributed by atoms with Gasteiger partial charge < -0.3 is 0 Å². The van der Waals surface area contributed by atoms with E-state index in [2.05, 4.69) is 4.72 Å². The van der Waals surface area contributed by atoms with Crippen LogP contribution in [0.25, 0.3) is 0 Å². The molecule has 8 heteroatoms. The third-order valence-corrected chi connectivity index (χ3v) is 5.02. The highest BCUT2D eigenvalue weighted by molar-refractivity contribution is 14.1. The Morgan fingerprint density at radius 3 is 2.33 bits per heavy atom. The van der Waals surface area contributed by atoms with Gasteiger partial charge in [-0.15, -0.1) is 0 Å². The van der Waals surface area contributed by atoms with Crippen molar-refractivity contribution in [3.05, 3.63) is 61.7 Å². The summed E-state index contributed by atoms with van der Waals surface area (Å²) in [5, 5.41) is 11.0. The smallest absolute Gasteiger partial charge is 0.272 e. The van der Waals surface area contributed by atoms with Crippen LogP contribution < -0.4 is 4.72 Å². The van der Waals surface area contributed by atoms with E-state index in [1.807, 2.05) is 29.5 Å². The van der Waals surface area contributed by atoms with Gasteiger partial charge in [0.1, 0.15) is 5.69 Å². The Kier molecular flexibility index (Phi) is 4.47. The highest BCUT2D eigenvalue weighted by Gasteiger charge is 2.22. The average Bonchev–Trinajstić information content (AvgIpc) is 2.41. The van der Waals surface area contributed by atoms with Crippen molar-refractivity contribution < 1.29 is 13.3 Å². The van der Waals surface area contributed by atoms with Gasteiger partial charge in [0.2, 0.25) is 0 Å². The molecule has 2 aromatic rings. The van der Waals surface area contributed by atoms with Gasteiger partial charge in [0.15, 0.2) is 0 Å². The van der Waals surface area contributed by atoms with Crippen molar-refractivity contribution in [3.63, 3.8) is 0 Å². The fraction of sp³-hybridized carbons (Fsp3) is 0.0769. The molecule has 0 saturated carbocycles. The zero-order chi connectivity index (χ0) is 15.6. The van der Waals surface area contributed by atoms with Crippen molar-refractivity contribution in [3.8, 4) is 0 Å². The zero-order valence-corrected chi connectivity index (χ0v) is 13.9. The molecule has 0 aliphatic rings. The molecule has 0 amide bonds. The Morgan fingerprint density at radius 2 is 1.76 bits per heavy atom. The lowest BCUT2D eigenvalue weighted by molar-refractivity contribution is -0.384. The molecule has 6 nitrogen and oxygen atoms in total. The number of para-hydroxylation sites is 1. The minimum atomic E-state index is -3.87. The van der Waals surface area contributed by atoms with E-state index in [0.717, 1.165) is 5.56 Å². The molecule has 0 atom stereocenters. The molecule has 1 N–H and O–H groups in total. The van der Waals surface area contributed by atoms with Gasteiger partial charge >= 0.3 is 0 Å². The number of anilines is 1. The molecule has 2 aromatic carbocycles. The van der Waals surface area contributed by atoms with Crippen LogP contribution in [0.1, 0.15) is 5.56 Å². The van der Waals surface area contributed by atoms with E-state index in [4.69, 9.17) is 0 Å². The molecule has 0 aliphatic heterocycles. The van der Waals surface area contributed by atoms with Gasteiger partial charge in [-0.2, -0.15) is 0 Å². The van der Waals surface area contributed by atoms with E-state index in [-0.39, 0.29) is 16.3 Å². The molecule has 21 heavy (non-hydrogen) atoms. The van der Waals surface area contributed by atoms with E-state index >= 15 is 0 Å². The molecule has 0 heterocycles. The maximum absolute atomic E-state index is 12.3. The molecule has 0 aliphatic carbocycles. The van der Waals surface area contributed by atoms with E-state index in [1.54, 1.807) is 18.2 Å². The number of nitro groups is 1. The molecule has 0 aromatic heterocycles. The van der Waals surface area contributed by atoms with Crippen LogP contribution in [0.2, 0.25) is 0 Å². The lowest BCUT2D eigenvalue weighted by Crippen LogP contribution is -2.15. The number of hydrogen-bond acceptors (Lipinski definition) is 4. The number of benzene rings is 2. The summed E-state index contributed by atoms with van der Waals surface area (Å²) in [6.07, 6.45) is 0. The third-order valence-electron chi connectivity index (χ3n) is 2.76. The second-order valence-corrected chi connectivity index (χ2v) is 7.15. The van der Waals surface area contributed by atoms with Crippen molar-refractivity contribution in [2.24, 2.45) is 0 Å². The predicted octanol–water partition coefficient (Wildman–Crippen LogP) is 3.31. The van der Waals surface area contributed by atoms with Crippen LogP contribution >= 0.6 is 22.6 Å². The highest BCUT2D eigenvalue weighted by Crippen LogP contribution is 2.31. The minimum absolute atomic E-state index is 0.0244. The standard InChI is InChI=1S/C13H11IN2O4S/c1-9-5-7-10(8-6-9)21(19,20)15-13-11(14)3-2-4-12(13)16(17)18/h2-8,15H,1H3. The van der Waals surface area contributed by atoms with E-state index in [1.165, 1.54) is 24.3 Å². The summed E-state index contributed by atoms with van der Waals surface area (Å²) in [4.78, 5) is 10.4. The van der Waals surface area contributed by atoms with Crippen molar-refractivity contribution in [1.82, 2.24) is 0 Å². The maximum atomic E-state index is 12.3. The van der Waals surface area contributed by atoms with Crippen LogP contribution in [-0.4, -0.2) is 13.3 Å². The van der Waals surface area contributed by atoms with E-state index < -0.39 is 14.9 Å². The molecule has 110 valence electrons. The van der Waals surface area contributed by atoms with Crippen LogP contribution in [0.3, 0.4) is 0 Å². The Labute approximate surface area is 135 Å². The first-order chi connectivity index (χ1) is 9.81. The first-order valence-electron chi connectivity index (χ1n) is 5.83. The van der Waals surface area contributed by atoms with Gasteiger partial charge in [0.05, 0.1) is 9.82 Å². The van der Waals surface area contributed by atoms with Gasteiger partial charge in [-0.1, -0.05) is 23.8 Å². The summed E-state index contributed by atoms with van der Waals surface area (Å²) in [5.74, 6) is 0. The van der Waals surface area contributed by atoms with Crippen LogP contribution in [0.4, 0.5) is 11.4 Å². The normalized spacial score (nSPS) is 11.1. The van der Waals surface area contributed by atoms with Crippen molar-refractivity contribution in [2.75, 3.05) is 4.72 Å². The zero-order valence-electron chi connectivity index (χ0n) is 10.9. The first-order valence-corrected chi connectivity index (χ1v) is 8.40. The van der Waals surface area contributed by atoms with Crippen LogP contribution in [-0.2, 0) is 10.0 Å². The van der Waals surface area contributed by atoms with Crippen LogP contribution in [0, 0.1) is 20.6 Å². The van der Waals surface area contributed by atoms with Gasteiger partial charge in [-0.05, 0) is 47.7 Å². The molecular formula is C13H11IN2O4S. The van der Waals surface area contributed by atoms with Gasteiger partial charge in [-0.3, -0.25) is 14.8 Å². The van der Waals surface area contributed by atoms with Gasteiger partial charge in [-0.25, -0.2) is 8.42 Å². The second kappa shape index (κ2) is 5.98. The highest BCUT2D eigenvalue weighted by atomic mass is 127. The Hall–Kier alpha value is -1.68. The molecule has 0 bridgehead atoms. The third kappa shape index (κ3) is 3.50. The summed E-state index contributed by atoms with van der Waals surface area (Å²) in [5.41, 5.74) is 0.621. The number of aryl methyl sites for hydroxylation is 1. The summed E-state index contributed by atoms with van der Waals surface area (Å²) in [6.45, 7) is 1.84. The number of nitrogens with zero attached hydrogens (tertiary/aromatic N) is 1. The Balaban J connectivity index is 2.46. The summed E-state index contributed by atoms with van der Waals surface area (Å²) in [6, 6.07) is 10.6. The summed E-state index contributed by atoms with van der Waals surface area (Å²) < 4.78 is 27.4.